The van der Waals surface area contributed by atoms with Crippen LogP contribution in [0.15, 0.2) is 0 Å². The lowest BCUT2D eigenvalue weighted by atomic mass is 10.00. The summed E-state index contributed by atoms with van der Waals surface area (Å²) >= 11 is 0. The Labute approximate surface area is 123 Å². The SMILES string of the molecule is CCOC(=O)[C@@H]([C@@H](C)N1CCCCC1)N1CCCCC1. The molecule has 4 heteroatoms. The average molecular weight is 282 g/mol. The highest BCUT2D eigenvalue weighted by molar-refractivity contribution is 5.76. The molecule has 0 N–H and O–H groups in total. The fourth-order valence-corrected chi connectivity index (χ4v) is 3.60. The average Bonchev–Trinajstić information content (AvgIpc) is 2.50. The van der Waals surface area contributed by atoms with Crippen LogP contribution >= 0.6 is 0 Å². The first-order chi connectivity index (χ1) is 9.74. The second-order valence-electron chi connectivity index (χ2n) is 6.13. The van der Waals surface area contributed by atoms with Crippen LogP contribution in [-0.4, -0.2) is 60.6 Å². The molecule has 0 radical (unpaired) electrons. The highest BCUT2D eigenvalue weighted by Gasteiger charge is 2.36. The van der Waals surface area contributed by atoms with Gasteiger partial charge in [0.05, 0.1) is 6.61 Å². The van der Waals surface area contributed by atoms with Crippen molar-refractivity contribution in [3.63, 3.8) is 0 Å². The molecule has 2 saturated heterocycles. The molecule has 0 amide bonds. The summed E-state index contributed by atoms with van der Waals surface area (Å²) in [6, 6.07) is 0.195. The smallest absolute Gasteiger partial charge is 0.324 e. The Morgan fingerprint density at radius 3 is 1.95 bits per heavy atom. The number of hydrogen-bond donors (Lipinski definition) is 0. The van der Waals surface area contributed by atoms with Crippen LogP contribution in [-0.2, 0) is 9.53 Å². The maximum atomic E-state index is 12.4. The minimum Gasteiger partial charge on any atom is -0.465 e. The van der Waals surface area contributed by atoms with Crippen molar-refractivity contribution < 1.29 is 9.53 Å². The summed E-state index contributed by atoms with van der Waals surface area (Å²) in [5.74, 6) is -0.0209. The van der Waals surface area contributed by atoms with E-state index in [9.17, 15) is 4.79 Å². The van der Waals surface area contributed by atoms with Crippen LogP contribution < -0.4 is 0 Å². The number of carbonyl (C=O) groups is 1. The summed E-state index contributed by atoms with van der Waals surface area (Å²) in [6.45, 7) is 8.94. The molecule has 0 saturated carbocycles. The number of likely N-dealkylation sites (tertiary alicyclic amines) is 2. The van der Waals surface area contributed by atoms with Gasteiger partial charge in [-0.1, -0.05) is 12.8 Å². The Kier molecular flexibility index (Phi) is 6.30. The van der Waals surface area contributed by atoms with Gasteiger partial charge in [-0.05, 0) is 65.7 Å². The zero-order valence-electron chi connectivity index (χ0n) is 13.1. The highest BCUT2D eigenvalue weighted by Crippen LogP contribution is 2.21. The topological polar surface area (TPSA) is 32.8 Å². The summed E-state index contributed by atoms with van der Waals surface area (Å²) in [4.78, 5) is 17.3. The summed E-state index contributed by atoms with van der Waals surface area (Å²) in [7, 11) is 0. The van der Waals surface area contributed by atoms with E-state index in [-0.39, 0.29) is 18.1 Å². The van der Waals surface area contributed by atoms with Gasteiger partial charge >= 0.3 is 5.97 Å². The van der Waals surface area contributed by atoms with Crippen LogP contribution in [0.1, 0.15) is 52.4 Å². The maximum absolute atomic E-state index is 12.4. The lowest BCUT2D eigenvalue weighted by molar-refractivity contribution is -0.153. The number of hydrogen-bond acceptors (Lipinski definition) is 4. The third kappa shape index (κ3) is 3.95. The number of esters is 1. The van der Waals surface area contributed by atoms with Gasteiger partial charge in [-0.3, -0.25) is 14.6 Å². The molecule has 0 bridgehead atoms. The van der Waals surface area contributed by atoms with Crippen LogP contribution in [0.2, 0.25) is 0 Å². The number of rotatable bonds is 5. The summed E-state index contributed by atoms with van der Waals surface area (Å²) in [5, 5.41) is 0. The Morgan fingerprint density at radius 2 is 1.45 bits per heavy atom. The predicted octanol–water partition coefficient (Wildman–Crippen LogP) is 2.28. The number of nitrogens with zero attached hydrogens (tertiary/aromatic N) is 2. The van der Waals surface area contributed by atoms with Gasteiger partial charge in [-0.2, -0.15) is 0 Å². The monoisotopic (exact) mass is 282 g/mol. The normalized spacial score (nSPS) is 25.1. The van der Waals surface area contributed by atoms with Gasteiger partial charge in [0.25, 0.3) is 0 Å². The van der Waals surface area contributed by atoms with Crippen molar-refractivity contribution in [3.05, 3.63) is 0 Å². The zero-order chi connectivity index (χ0) is 14.4. The number of ether oxygens (including phenoxy) is 1. The zero-order valence-corrected chi connectivity index (χ0v) is 13.1. The van der Waals surface area contributed by atoms with Crippen LogP contribution in [0, 0.1) is 0 Å². The quantitative estimate of drug-likeness (QED) is 0.724. The molecular formula is C16H30N2O2. The fraction of sp³-hybridized carbons (Fsp3) is 0.938. The second-order valence-corrected chi connectivity index (χ2v) is 6.13. The molecule has 2 fully saturated rings. The predicted molar refractivity (Wildman–Crippen MR) is 80.7 cm³/mol. The molecule has 0 aromatic heterocycles. The Balaban J connectivity index is 2.04. The molecule has 2 aliphatic rings. The van der Waals surface area contributed by atoms with E-state index in [0.717, 1.165) is 26.2 Å². The molecule has 4 nitrogen and oxygen atoms in total. The van der Waals surface area contributed by atoms with Gasteiger partial charge in [0.1, 0.15) is 6.04 Å². The van der Waals surface area contributed by atoms with Crippen LogP contribution in [0.25, 0.3) is 0 Å². The molecule has 0 spiro atoms. The highest BCUT2D eigenvalue weighted by atomic mass is 16.5. The van der Waals surface area contributed by atoms with Crippen molar-refractivity contribution in [3.8, 4) is 0 Å². The first-order valence-corrected chi connectivity index (χ1v) is 8.38. The minimum absolute atomic E-state index is 0.0209. The van der Waals surface area contributed by atoms with E-state index in [1.807, 2.05) is 6.92 Å². The Bertz CT molecular complexity index is 297. The van der Waals surface area contributed by atoms with Crippen LogP contribution in [0.3, 0.4) is 0 Å². The molecule has 0 unspecified atom stereocenters. The van der Waals surface area contributed by atoms with Crippen molar-refractivity contribution in [2.45, 2.75) is 64.5 Å². The van der Waals surface area contributed by atoms with E-state index in [1.165, 1.54) is 38.5 Å². The summed E-state index contributed by atoms with van der Waals surface area (Å²) in [6.07, 6.45) is 7.58. The molecule has 0 aromatic rings. The Morgan fingerprint density at radius 1 is 0.950 bits per heavy atom. The van der Waals surface area contributed by atoms with Crippen molar-refractivity contribution in [1.82, 2.24) is 9.80 Å². The largest absolute Gasteiger partial charge is 0.465 e. The van der Waals surface area contributed by atoms with Crippen molar-refractivity contribution in [2.75, 3.05) is 32.8 Å². The molecule has 2 rings (SSSR count). The molecule has 2 heterocycles. The van der Waals surface area contributed by atoms with Gasteiger partial charge < -0.3 is 4.74 Å². The van der Waals surface area contributed by atoms with Crippen molar-refractivity contribution >= 4 is 5.97 Å². The lowest BCUT2D eigenvalue weighted by Gasteiger charge is -2.42. The first kappa shape index (κ1) is 15.8. The molecule has 0 aromatic carbocycles. The number of carbonyl (C=O) groups excluding carboxylic acids is 1. The maximum Gasteiger partial charge on any atom is 0.324 e. The number of piperidine rings is 2. The fourth-order valence-electron chi connectivity index (χ4n) is 3.60. The van der Waals surface area contributed by atoms with E-state index in [1.54, 1.807) is 0 Å². The second kappa shape index (κ2) is 7.99. The van der Waals surface area contributed by atoms with E-state index in [4.69, 9.17) is 4.74 Å². The van der Waals surface area contributed by atoms with Crippen LogP contribution in [0.5, 0.6) is 0 Å². The third-order valence-electron chi connectivity index (χ3n) is 4.74. The molecular weight excluding hydrogens is 252 g/mol. The summed E-state index contributed by atoms with van der Waals surface area (Å²) in [5.41, 5.74) is 0. The lowest BCUT2D eigenvalue weighted by Crippen LogP contribution is -2.57. The molecule has 2 atom stereocenters. The first-order valence-electron chi connectivity index (χ1n) is 8.38. The Hall–Kier alpha value is -0.610. The molecule has 20 heavy (non-hydrogen) atoms. The van der Waals surface area contributed by atoms with E-state index in [2.05, 4.69) is 16.7 Å². The van der Waals surface area contributed by atoms with Crippen molar-refractivity contribution in [1.29, 1.82) is 0 Å². The van der Waals surface area contributed by atoms with Gasteiger partial charge in [-0.25, -0.2) is 0 Å². The van der Waals surface area contributed by atoms with Crippen LogP contribution in [0.4, 0.5) is 0 Å². The van der Waals surface area contributed by atoms with E-state index in [0.29, 0.717) is 6.61 Å². The van der Waals surface area contributed by atoms with Gasteiger partial charge in [0.15, 0.2) is 0 Å². The molecule has 0 aliphatic carbocycles. The van der Waals surface area contributed by atoms with Gasteiger partial charge in [0.2, 0.25) is 0 Å². The van der Waals surface area contributed by atoms with Gasteiger partial charge in [0, 0.05) is 6.04 Å². The summed E-state index contributed by atoms with van der Waals surface area (Å²) < 4.78 is 5.36. The minimum atomic E-state index is -0.0756. The third-order valence-corrected chi connectivity index (χ3v) is 4.74. The van der Waals surface area contributed by atoms with E-state index < -0.39 is 0 Å². The molecule has 116 valence electrons. The van der Waals surface area contributed by atoms with Crippen molar-refractivity contribution in [2.24, 2.45) is 0 Å². The molecule has 2 aliphatic heterocycles. The van der Waals surface area contributed by atoms with E-state index >= 15 is 0 Å². The van der Waals surface area contributed by atoms with Gasteiger partial charge in [-0.15, -0.1) is 0 Å². The standard InChI is InChI=1S/C16H30N2O2/c1-3-20-16(19)15(18-12-8-5-9-13-18)14(2)17-10-6-4-7-11-17/h14-15H,3-13H2,1-2H3/t14-,15-/m1/s1.